The number of benzene rings is 1. The topological polar surface area (TPSA) is 66.8 Å². The molecule has 0 radical (unpaired) electrons. The summed E-state index contributed by atoms with van der Waals surface area (Å²) >= 11 is 0. The highest BCUT2D eigenvalue weighted by Gasteiger charge is 2.26. The van der Waals surface area contributed by atoms with E-state index in [1.165, 1.54) is 0 Å². The molecule has 0 atom stereocenters. The summed E-state index contributed by atoms with van der Waals surface area (Å²) in [6.45, 7) is 13.7. The van der Waals surface area contributed by atoms with Crippen LogP contribution in [0.5, 0.6) is 5.75 Å². The molecule has 0 aliphatic rings. The van der Waals surface area contributed by atoms with E-state index in [9.17, 15) is 4.57 Å². The number of hydrogen-bond donors (Lipinski definition) is 2. The molecule has 0 fully saturated rings. The molecular formula is C14H25O4P. The normalized spacial score (nSPS) is 11.6. The molecule has 19 heavy (non-hydrogen) atoms. The summed E-state index contributed by atoms with van der Waals surface area (Å²) in [5.41, 5.74) is 2.35. The molecule has 0 heterocycles. The highest BCUT2D eigenvalue weighted by Crippen LogP contribution is 2.44. The number of rotatable bonds is 2. The highest BCUT2D eigenvalue weighted by molar-refractivity contribution is 7.46. The molecule has 0 spiro atoms. The second-order valence-corrected chi connectivity index (χ2v) is 6.45. The lowest BCUT2D eigenvalue weighted by molar-refractivity contribution is 0.280. The van der Waals surface area contributed by atoms with Gasteiger partial charge in [0, 0.05) is 5.56 Å². The first-order valence-electron chi connectivity index (χ1n) is 6.37. The van der Waals surface area contributed by atoms with Gasteiger partial charge in [0.05, 0.1) is 0 Å². The van der Waals surface area contributed by atoms with Crippen molar-refractivity contribution in [3.05, 3.63) is 28.8 Å². The molecule has 0 aliphatic heterocycles. The maximum Gasteiger partial charge on any atom is 0.524 e. The first-order chi connectivity index (χ1) is 8.50. The van der Waals surface area contributed by atoms with Crippen LogP contribution in [0, 0.1) is 13.8 Å². The Morgan fingerprint density at radius 3 is 1.95 bits per heavy atom. The molecule has 0 saturated carbocycles. The molecule has 0 aliphatic carbocycles. The first kappa shape index (κ1) is 18.2. The van der Waals surface area contributed by atoms with E-state index in [1.54, 1.807) is 6.92 Å². The summed E-state index contributed by atoms with van der Waals surface area (Å²) in [7, 11) is -4.53. The minimum atomic E-state index is -4.53. The van der Waals surface area contributed by atoms with Crippen molar-refractivity contribution in [3.63, 3.8) is 0 Å². The van der Waals surface area contributed by atoms with Crippen LogP contribution < -0.4 is 4.52 Å². The van der Waals surface area contributed by atoms with Crippen molar-refractivity contribution in [2.45, 2.75) is 53.9 Å². The lowest BCUT2D eigenvalue weighted by Gasteiger charge is -2.24. The van der Waals surface area contributed by atoms with Crippen molar-refractivity contribution in [2.75, 3.05) is 0 Å². The SMILES string of the molecule is CC.Cc1cc(C)c(OP(=O)(O)O)c(C(C)(C)C)c1. The van der Waals surface area contributed by atoms with E-state index in [0.717, 1.165) is 16.7 Å². The van der Waals surface area contributed by atoms with E-state index in [0.29, 0.717) is 0 Å². The Kier molecular flexibility index (Phi) is 6.27. The van der Waals surface area contributed by atoms with Crippen LogP contribution in [0.1, 0.15) is 51.3 Å². The zero-order chi connectivity index (χ0) is 15.4. The van der Waals surface area contributed by atoms with Crippen molar-refractivity contribution in [1.29, 1.82) is 0 Å². The van der Waals surface area contributed by atoms with Gasteiger partial charge in [-0.25, -0.2) is 4.57 Å². The maximum atomic E-state index is 11.0. The second kappa shape index (κ2) is 6.56. The largest absolute Gasteiger partial charge is 0.524 e. The average molecular weight is 288 g/mol. The standard InChI is InChI=1S/C12H19O4P.C2H6/c1-8-6-9(2)11(16-17(13,14)15)10(7-8)12(3,4)5;1-2/h6-7H,1-5H3,(H2,13,14,15);1-2H3. The Morgan fingerprint density at radius 2 is 1.58 bits per heavy atom. The van der Waals surface area contributed by atoms with Crippen LogP contribution in [0.3, 0.4) is 0 Å². The Bertz CT molecular complexity index is 469. The van der Waals surface area contributed by atoms with Crippen molar-refractivity contribution >= 4 is 7.82 Å². The molecule has 1 aromatic rings. The summed E-state index contributed by atoms with van der Waals surface area (Å²) in [4.78, 5) is 17.9. The van der Waals surface area contributed by atoms with Gasteiger partial charge in [0.15, 0.2) is 0 Å². The molecule has 0 amide bonds. The fourth-order valence-corrected chi connectivity index (χ4v) is 2.23. The van der Waals surface area contributed by atoms with Crippen LogP contribution >= 0.6 is 7.82 Å². The van der Waals surface area contributed by atoms with Crippen LogP contribution in [-0.2, 0) is 9.98 Å². The van der Waals surface area contributed by atoms with E-state index in [4.69, 9.17) is 14.3 Å². The fraction of sp³-hybridized carbons (Fsp3) is 0.571. The maximum absolute atomic E-state index is 11.0. The summed E-state index contributed by atoms with van der Waals surface area (Å²) in [6.07, 6.45) is 0. The molecule has 5 heteroatoms. The van der Waals surface area contributed by atoms with Gasteiger partial charge in [0.25, 0.3) is 0 Å². The van der Waals surface area contributed by atoms with Crippen LogP contribution in [0.25, 0.3) is 0 Å². The number of phosphoric acid groups is 1. The third-order valence-electron chi connectivity index (χ3n) is 2.44. The number of hydrogen-bond acceptors (Lipinski definition) is 2. The van der Waals surface area contributed by atoms with E-state index in [2.05, 4.69) is 0 Å². The van der Waals surface area contributed by atoms with Gasteiger partial charge < -0.3 is 4.52 Å². The van der Waals surface area contributed by atoms with E-state index < -0.39 is 7.82 Å². The molecule has 2 N–H and O–H groups in total. The molecule has 1 aromatic carbocycles. The fourth-order valence-electron chi connectivity index (χ4n) is 1.75. The number of aryl methyl sites for hydroxylation is 2. The predicted molar refractivity (Wildman–Crippen MR) is 78.6 cm³/mol. The molecule has 0 aromatic heterocycles. The average Bonchev–Trinajstić information content (AvgIpc) is 2.21. The van der Waals surface area contributed by atoms with Crippen molar-refractivity contribution in [2.24, 2.45) is 0 Å². The lowest BCUT2D eigenvalue weighted by Crippen LogP contribution is -2.14. The van der Waals surface area contributed by atoms with Gasteiger partial charge >= 0.3 is 7.82 Å². The molecule has 0 saturated heterocycles. The van der Waals surface area contributed by atoms with Crippen molar-refractivity contribution < 1.29 is 18.9 Å². The van der Waals surface area contributed by atoms with E-state index in [-0.39, 0.29) is 11.2 Å². The van der Waals surface area contributed by atoms with Crippen LogP contribution in [-0.4, -0.2) is 9.79 Å². The molecule has 110 valence electrons. The smallest absolute Gasteiger partial charge is 0.404 e. The Balaban J connectivity index is 0.00000154. The minimum Gasteiger partial charge on any atom is -0.404 e. The predicted octanol–water partition coefficient (Wildman–Crippen LogP) is 4.10. The Morgan fingerprint density at radius 1 is 1.11 bits per heavy atom. The minimum absolute atomic E-state index is 0.235. The van der Waals surface area contributed by atoms with Gasteiger partial charge in [0.2, 0.25) is 0 Å². The summed E-state index contributed by atoms with van der Waals surface area (Å²) < 4.78 is 15.8. The molecular weight excluding hydrogens is 263 g/mol. The zero-order valence-corrected chi connectivity index (χ0v) is 13.7. The summed E-state index contributed by atoms with van der Waals surface area (Å²) in [5, 5.41) is 0. The quantitative estimate of drug-likeness (QED) is 0.804. The third-order valence-corrected chi connectivity index (χ3v) is 2.86. The van der Waals surface area contributed by atoms with Gasteiger partial charge in [-0.3, -0.25) is 9.79 Å². The third kappa shape index (κ3) is 5.77. The lowest BCUT2D eigenvalue weighted by atomic mass is 9.84. The van der Waals surface area contributed by atoms with Crippen molar-refractivity contribution in [1.82, 2.24) is 0 Å². The van der Waals surface area contributed by atoms with Crippen LogP contribution in [0.4, 0.5) is 0 Å². The van der Waals surface area contributed by atoms with Crippen LogP contribution in [0.15, 0.2) is 12.1 Å². The van der Waals surface area contributed by atoms with Gasteiger partial charge in [-0.1, -0.05) is 52.3 Å². The highest BCUT2D eigenvalue weighted by atomic mass is 31.2. The second-order valence-electron chi connectivity index (χ2n) is 5.29. The summed E-state index contributed by atoms with van der Waals surface area (Å²) in [6, 6.07) is 3.75. The molecule has 0 bridgehead atoms. The van der Waals surface area contributed by atoms with Crippen LogP contribution in [0.2, 0.25) is 0 Å². The molecule has 1 rings (SSSR count). The van der Waals surface area contributed by atoms with Gasteiger partial charge in [0.1, 0.15) is 5.75 Å². The van der Waals surface area contributed by atoms with Gasteiger partial charge in [-0.2, -0.15) is 0 Å². The van der Waals surface area contributed by atoms with Gasteiger partial charge in [-0.15, -0.1) is 0 Å². The Labute approximate surface area is 116 Å². The molecule has 0 unspecified atom stereocenters. The Hall–Kier alpha value is -0.830. The zero-order valence-electron chi connectivity index (χ0n) is 12.8. The van der Waals surface area contributed by atoms with E-state index >= 15 is 0 Å². The van der Waals surface area contributed by atoms with E-state index in [1.807, 2.05) is 53.7 Å². The monoisotopic (exact) mass is 288 g/mol. The summed E-state index contributed by atoms with van der Waals surface area (Å²) in [5.74, 6) is 0.288. The number of phosphoric ester groups is 1. The molecule has 4 nitrogen and oxygen atoms in total. The first-order valence-corrected chi connectivity index (χ1v) is 7.90. The van der Waals surface area contributed by atoms with Crippen molar-refractivity contribution in [3.8, 4) is 5.75 Å². The van der Waals surface area contributed by atoms with Gasteiger partial charge in [-0.05, 0) is 24.8 Å².